The van der Waals surface area contributed by atoms with Gasteiger partial charge in [0, 0.05) is 0 Å². The summed E-state index contributed by atoms with van der Waals surface area (Å²) in [4.78, 5) is 36.3. The van der Waals surface area contributed by atoms with Crippen LogP contribution in [-0.2, 0) is 9.53 Å². The molecule has 1 N–H and O–H groups in total. The van der Waals surface area contributed by atoms with Gasteiger partial charge in [0.1, 0.15) is 19.0 Å². The molecule has 0 radical (unpaired) electrons. The maximum atomic E-state index is 12.2. The van der Waals surface area contributed by atoms with Gasteiger partial charge in [-0.3, -0.25) is 14.9 Å². The van der Waals surface area contributed by atoms with E-state index >= 15 is 0 Å². The first-order chi connectivity index (χ1) is 13.5. The van der Waals surface area contributed by atoms with Crippen LogP contribution in [0.2, 0.25) is 5.02 Å². The molecule has 1 heterocycles. The number of amides is 2. The van der Waals surface area contributed by atoms with Gasteiger partial charge >= 0.3 is 5.97 Å². The lowest BCUT2D eigenvalue weighted by molar-refractivity contribution is -0.123. The Bertz CT molecular complexity index is 928. The van der Waals surface area contributed by atoms with Gasteiger partial charge < -0.3 is 18.9 Å². The number of benzene rings is 2. The van der Waals surface area contributed by atoms with Crippen LogP contribution in [-0.4, -0.2) is 44.7 Å². The van der Waals surface area contributed by atoms with Gasteiger partial charge in [0.15, 0.2) is 18.1 Å². The lowest BCUT2D eigenvalue weighted by atomic mass is 10.2. The number of ether oxygens (including phenoxy) is 4. The Hall–Kier alpha value is -3.26. The maximum Gasteiger partial charge on any atom is 0.338 e. The molecule has 0 saturated heterocycles. The smallest absolute Gasteiger partial charge is 0.338 e. The van der Waals surface area contributed by atoms with E-state index in [-0.39, 0.29) is 16.1 Å². The van der Waals surface area contributed by atoms with Gasteiger partial charge in [-0.15, -0.1) is 0 Å². The highest BCUT2D eigenvalue weighted by Gasteiger charge is 2.21. The molecule has 2 aromatic carbocycles. The lowest BCUT2D eigenvalue weighted by Crippen LogP contribution is -2.34. The Morgan fingerprint density at radius 2 is 1.89 bits per heavy atom. The summed E-state index contributed by atoms with van der Waals surface area (Å²) in [6, 6.07) is 9.19. The third kappa shape index (κ3) is 4.34. The molecule has 0 unspecified atom stereocenters. The van der Waals surface area contributed by atoms with E-state index in [2.05, 4.69) is 5.32 Å². The Kier molecular flexibility index (Phi) is 6.00. The van der Waals surface area contributed by atoms with Crippen molar-refractivity contribution in [2.45, 2.75) is 0 Å². The van der Waals surface area contributed by atoms with E-state index in [0.29, 0.717) is 30.5 Å². The molecule has 9 heteroatoms. The molecule has 2 amide bonds. The average Bonchev–Trinajstić information content (AvgIpc) is 2.71. The molecule has 146 valence electrons. The second-order valence-electron chi connectivity index (χ2n) is 5.64. The minimum atomic E-state index is -0.793. The second-order valence-corrected chi connectivity index (χ2v) is 6.04. The predicted octanol–water partition coefficient (Wildman–Crippen LogP) is 2.23. The number of para-hydroxylation sites is 1. The fraction of sp³-hybridized carbons (Fsp3) is 0.211. The molecule has 8 nitrogen and oxygen atoms in total. The van der Waals surface area contributed by atoms with E-state index in [4.69, 9.17) is 30.5 Å². The highest BCUT2D eigenvalue weighted by atomic mass is 35.5. The number of hydrogen-bond acceptors (Lipinski definition) is 7. The van der Waals surface area contributed by atoms with Gasteiger partial charge in [0.25, 0.3) is 11.8 Å². The largest absolute Gasteiger partial charge is 0.496 e. The number of esters is 1. The van der Waals surface area contributed by atoms with Crippen molar-refractivity contribution in [3.05, 3.63) is 52.5 Å². The zero-order valence-corrected chi connectivity index (χ0v) is 15.6. The highest BCUT2D eigenvalue weighted by Crippen LogP contribution is 2.38. The van der Waals surface area contributed by atoms with Crippen molar-refractivity contribution >= 4 is 29.4 Å². The number of nitrogens with one attached hydrogen (secondary N) is 1. The summed E-state index contributed by atoms with van der Waals surface area (Å²) < 4.78 is 20.8. The SMILES string of the molecule is COc1ccccc1C(=O)NC(=O)COC(=O)c1cc(Cl)c2c(c1)OCCO2. The van der Waals surface area contributed by atoms with Crippen molar-refractivity contribution in [2.75, 3.05) is 26.9 Å². The van der Waals surface area contributed by atoms with E-state index in [1.165, 1.54) is 25.3 Å². The second kappa shape index (κ2) is 8.62. The number of hydrogen-bond donors (Lipinski definition) is 1. The van der Waals surface area contributed by atoms with Crippen LogP contribution in [0.3, 0.4) is 0 Å². The molecule has 2 aromatic rings. The monoisotopic (exact) mass is 405 g/mol. The summed E-state index contributed by atoms with van der Waals surface area (Å²) in [5.74, 6) is -1.26. The summed E-state index contributed by atoms with van der Waals surface area (Å²) in [6.07, 6.45) is 0. The van der Waals surface area contributed by atoms with Crippen molar-refractivity contribution in [2.24, 2.45) is 0 Å². The van der Waals surface area contributed by atoms with Crippen molar-refractivity contribution < 1.29 is 33.3 Å². The molecule has 1 aliphatic rings. The molecule has 0 saturated carbocycles. The van der Waals surface area contributed by atoms with Crippen LogP contribution in [0.5, 0.6) is 17.2 Å². The molecule has 1 aliphatic heterocycles. The maximum absolute atomic E-state index is 12.2. The normalized spacial score (nSPS) is 12.1. The minimum Gasteiger partial charge on any atom is -0.496 e. The van der Waals surface area contributed by atoms with Crippen LogP contribution in [0.15, 0.2) is 36.4 Å². The van der Waals surface area contributed by atoms with Gasteiger partial charge in [-0.1, -0.05) is 23.7 Å². The third-order valence-corrected chi connectivity index (χ3v) is 4.05. The Morgan fingerprint density at radius 3 is 2.68 bits per heavy atom. The van der Waals surface area contributed by atoms with E-state index in [1.807, 2.05) is 0 Å². The van der Waals surface area contributed by atoms with Crippen LogP contribution < -0.4 is 19.5 Å². The topological polar surface area (TPSA) is 100 Å². The zero-order valence-electron chi connectivity index (χ0n) is 14.8. The van der Waals surface area contributed by atoms with E-state index in [0.717, 1.165) is 0 Å². The Morgan fingerprint density at radius 1 is 1.14 bits per heavy atom. The molecule has 0 fully saturated rings. The van der Waals surface area contributed by atoms with Gasteiger partial charge in [-0.25, -0.2) is 4.79 Å². The summed E-state index contributed by atoms with van der Waals surface area (Å²) in [5.41, 5.74) is 0.279. The summed E-state index contributed by atoms with van der Waals surface area (Å²) in [7, 11) is 1.41. The Balaban J connectivity index is 1.59. The van der Waals surface area contributed by atoms with Gasteiger partial charge in [0.2, 0.25) is 0 Å². The molecule has 0 aromatic heterocycles. The molecule has 0 bridgehead atoms. The lowest BCUT2D eigenvalue weighted by Gasteiger charge is -2.19. The first kappa shape index (κ1) is 19.5. The molecule has 0 atom stereocenters. The zero-order chi connectivity index (χ0) is 20.1. The number of fused-ring (bicyclic) bond motifs is 1. The first-order valence-electron chi connectivity index (χ1n) is 8.23. The predicted molar refractivity (Wildman–Crippen MR) is 98.2 cm³/mol. The number of methoxy groups -OCH3 is 1. The summed E-state index contributed by atoms with van der Waals surface area (Å²) >= 11 is 6.07. The van der Waals surface area contributed by atoms with E-state index < -0.39 is 24.4 Å². The van der Waals surface area contributed by atoms with Gasteiger partial charge in [0.05, 0.1) is 23.3 Å². The first-order valence-corrected chi connectivity index (χ1v) is 8.61. The molecular weight excluding hydrogens is 390 g/mol. The minimum absolute atomic E-state index is 0.0955. The van der Waals surface area contributed by atoms with Crippen molar-refractivity contribution in [3.8, 4) is 17.2 Å². The Labute approximate surface area is 165 Å². The van der Waals surface area contributed by atoms with Crippen LogP contribution >= 0.6 is 11.6 Å². The van der Waals surface area contributed by atoms with Gasteiger partial charge in [-0.2, -0.15) is 0 Å². The van der Waals surface area contributed by atoms with Crippen LogP contribution in [0, 0.1) is 0 Å². The molecule has 28 heavy (non-hydrogen) atoms. The average molecular weight is 406 g/mol. The van der Waals surface area contributed by atoms with Crippen molar-refractivity contribution in [1.29, 1.82) is 0 Å². The third-order valence-electron chi connectivity index (χ3n) is 3.77. The molecular formula is C19H16ClNO7. The van der Waals surface area contributed by atoms with Crippen LogP contribution in [0.1, 0.15) is 20.7 Å². The quantitative estimate of drug-likeness (QED) is 0.761. The van der Waals surface area contributed by atoms with Gasteiger partial charge in [-0.05, 0) is 24.3 Å². The molecule has 3 rings (SSSR count). The number of rotatable bonds is 5. The standard InChI is InChI=1S/C19H16ClNO7/c1-25-14-5-3-2-4-12(14)18(23)21-16(22)10-28-19(24)11-8-13(20)17-15(9-11)26-6-7-27-17/h2-5,8-9H,6-7,10H2,1H3,(H,21,22,23). The van der Waals surface area contributed by atoms with Crippen molar-refractivity contribution in [1.82, 2.24) is 5.32 Å². The summed E-state index contributed by atoms with van der Waals surface area (Å²) in [5, 5.41) is 2.33. The number of halogens is 1. The summed E-state index contributed by atoms with van der Waals surface area (Å²) in [6.45, 7) is 0.0397. The van der Waals surface area contributed by atoms with Crippen molar-refractivity contribution in [3.63, 3.8) is 0 Å². The fourth-order valence-electron chi connectivity index (χ4n) is 2.51. The number of carbonyl (C=O) groups is 3. The molecule has 0 aliphatic carbocycles. The van der Waals surface area contributed by atoms with E-state index in [1.54, 1.807) is 18.2 Å². The van der Waals surface area contributed by atoms with Crippen LogP contribution in [0.25, 0.3) is 0 Å². The number of imide groups is 1. The van der Waals surface area contributed by atoms with E-state index in [9.17, 15) is 14.4 Å². The fourth-order valence-corrected chi connectivity index (χ4v) is 2.77. The number of carbonyl (C=O) groups excluding carboxylic acids is 3. The molecule has 0 spiro atoms. The van der Waals surface area contributed by atoms with Crippen LogP contribution in [0.4, 0.5) is 0 Å². The highest BCUT2D eigenvalue weighted by molar-refractivity contribution is 6.32.